The van der Waals surface area contributed by atoms with E-state index in [-0.39, 0.29) is 6.04 Å². The highest BCUT2D eigenvalue weighted by atomic mass is 32.1. The lowest BCUT2D eigenvalue weighted by Crippen LogP contribution is -2.21. The Morgan fingerprint density at radius 3 is 2.85 bits per heavy atom. The largest absolute Gasteiger partial charge is 0.459 e. The lowest BCUT2D eigenvalue weighted by atomic mass is 10.1. The van der Waals surface area contributed by atoms with Crippen LogP contribution in [0.3, 0.4) is 0 Å². The third-order valence-electron chi connectivity index (χ3n) is 3.40. The van der Waals surface area contributed by atoms with E-state index in [2.05, 4.69) is 53.0 Å². The molecule has 104 valence electrons. The Morgan fingerprint density at radius 2 is 2.20 bits per heavy atom. The molecule has 0 saturated carbocycles. The number of furan rings is 1. The number of benzene rings is 1. The summed E-state index contributed by atoms with van der Waals surface area (Å²) in [5.74, 6) is 0.922. The van der Waals surface area contributed by atoms with Crippen LogP contribution in [0.4, 0.5) is 0 Å². The minimum atomic E-state index is 0.0202. The third kappa shape index (κ3) is 2.23. The Kier molecular flexibility index (Phi) is 3.54. The SMILES string of the molecule is CCNC(c1cc2cccc(C)c2o1)c1snnc1C. The van der Waals surface area contributed by atoms with E-state index in [1.54, 1.807) is 0 Å². The molecule has 4 nitrogen and oxygen atoms in total. The summed E-state index contributed by atoms with van der Waals surface area (Å²) in [6, 6.07) is 8.33. The molecule has 1 N–H and O–H groups in total. The predicted molar refractivity (Wildman–Crippen MR) is 81.1 cm³/mol. The van der Waals surface area contributed by atoms with Gasteiger partial charge in [-0.3, -0.25) is 0 Å². The first-order valence-corrected chi connectivity index (χ1v) is 7.49. The fourth-order valence-electron chi connectivity index (χ4n) is 2.40. The van der Waals surface area contributed by atoms with Crippen molar-refractivity contribution in [3.05, 3.63) is 46.2 Å². The Hall–Kier alpha value is -1.72. The Bertz CT molecular complexity index is 732. The van der Waals surface area contributed by atoms with Crippen LogP contribution in [0, 0.1) is 13.8 Å². The molecule has 0 radical (unpaired) electrons. The molecule has 0 fully saturated rings. The van der Waals surface area contributed by atoms with Crippen LogP contribution in [-0.2, 0) is 0 Å². The van der Waals surface area contributed by atoms with Gasteiger partial charge in [-0.25, -0.2) is 0 Å². The molecule has 0 bridgehead atoms. The molecule has 1 atom stereocenters. The molecule has 0 aliphatic carbocycles. The molecule has 1 aromatic carbocycles. The van der Waals surface area contributed by atoms with Gasteiger partial charge in [0.1, 0.15) is 17.4 Å². The Morgan fingerprint density at radius 1 is 1.35 bits per heavy atom. The maximum atomic E-state index is 6.08. The van der Waals surface area contributed by atoms with Crippen molar-refractivity contribution < 1.29 is 4.42 Å². The minimum absolute atomic E-state index is 0.0202. The topological polar surface area (TPSA) is 51.0 Å². The molecule has 0 aliphatic heterocycles. The van der Waals surface area contributed by atoms with Crippen molar-refractivity contribution in [3.8, 4) is 0 Å². The van der Waals surface area contributed by atoms with Gasteiger partial charge in [0.25, 0.3) is 0 Å². The van der Waals surface area contributed by atoms with Crippen LogP contribution in [0.25, 0.3) is 11.0 Å². The zero-order chi connectivity index (χ0) is 14.1. The predicted octanol–water partition coefficient (Wildman–Crippen LogP) is 3.60. The van der Waals surface area contributed by atoms with Crippen molar-refractivity contribution in [1.82, 2.24) is 14.9 Å². The number of para-hydroxylation sites is 1. The van der Waals surface area contributed by atoms with E-state index in [0.29, 0.717) is 0 Å². The summed E-state index contributed by atoms with van der Waals surface area (Å²) in [5, 5.41) is 8.70. The Balaban J connectivity index is 2.10. The van der Waals surface area contributed by atoms with Gasteiger partial charge in [-0.1, -0.05) is 29.6 Å². The number of hydrogen-bond acceptors (Lipinski definition) is 5. The van der Waals surface area contributed by atoms with Crippen molar-refractivity contribution in [1.29, 1.82) is 0 Å². The number of aryl methyl sites for hydroxylation is 2. The van der Waals surface area contributed by atoms with E-state index in [0.717, 1.165) is 39.4 Å². The summed E-state index contributed by atoms with van der Waals surface area (Å²) in [5.41, 5.74) is 3.07. The number of hydrogen-bond donors (Lipinski definition) is 1. The van der Waals surface area contributed by atoms with Gasteiger partial charge in [0.15, 0.2) is 0 Å². The fourth-order valence-corrected chi connectivity index (χ4v) is 3.13. The van der Waals surface area contributed by atoms with Crippen LogP contribution in [-0.4, -0.2) is 16.1 Å². The van der Waals surface area contributed by atoms with E-state index in [4.69, 9.17) is 4.42 Å². The van der Waals surface area contributed by atoms with E-state index in [9.17, 15) is 0 Å². The fraction of sp³-hybridized carbons (Fsp3) is 0.333. The van der Waals surface area contributed by atoms with E-state index in [1.165, 1.54) is 11.5 Å². The molecule has 0 spiro atoms. The second-order valence-electron chi connectivity index (χ2n) is 4.86. The number of aromatic nitrogens is 2. The zero-order valence-electron chi connectivity index (χ0n) is 11.8. The zero-order valence-corrected chi connectivity index (χ0v) is 12.6. The number of fused-ring (bicyclic) bond motifs is 1. The Labute approximate surface area is 122 Å². The highest BCUT2D eigenvalue weighted by molar-refractivity contribution is 7.05. The summed E-state index contributed by atoms with van der Waals surface area (Å²) in [6.45, 7) is 7.00. The molecule has 3 rings (SSSR count). The van der Waals surface area contributed by atoms with Crippen molar-refractivity contribution in [2.45, 2.75) is 26.8 Å². The number of nitrogens with zero attached hydrogens (tertiary/aromatic N) is 2. The van der Waals surface area contributed by atoms with Crippen molar-refractivity contribution in [2.24, 2.45) is 0 Å². The van der Waals surface area contributed by atoms with Gasteiger partial charge in [0, 0.05) is 5.39 Å². The average molecular weight is 287 g/mol. The summed E-state index contributed by atoms with van der Waals surface area (Å²) in [4.78, 5) is 1.11. The van der Waals surface area contributed by atoms with Gasteiger partial charge < -0.3 is 9.73 Å². The quantitative estimate of drug-likeness (QED) is 0.796. The first kappa shape index (κ1) is 13.3. The van der Waals surface area contributed by atoms with Gasteiger partial charge in [0.2, 0.25) is 0 Å². The lowest BCUT2D eigenvalue weighted by Gasteiger charge is -2.13. The van der Waals surface area contributed by atoms with Crippen LogP contribution in [0.2, 0.25) is 0 Å². The number of nitrogens with one attached hydrogen (secondary N) is 1. The number of rotatable bonds is 4. The first-order chi connectivity index (χ1) is 9.70. The molecule has 3 aromatic rings. The standard InChI is InChI=1S/C15H17N3OS/c1-4-16-13(15-10(3)17-18-20-15)12-8-11-7-5-6-9(2)14(11)19-12/h5-8,13,16H,4H2,1-3H3. The highest BCUT2D eigenvalue weighted by Crippen LogP contribution is 2.32. The molecule has 20 heavy (non-hydrogen) atoms. The normalized spacial score (nSPS) is 12.9. The van der Waals surface area contributed by atoms with Gasteiger partial charge >= 0.3 is 0 Å². The van der Waals surface area contributed by atoms with Crippen molar-refractivity contribution in [2.75, 3.05) is 6.54 Å². The molecule has 1 unspecified atom stereocenters. The highest BCUT2D eigenvalue weighted by Gasteiger charge is 2.22. The van der Waals surface area contributed by atoms with Crippen LogP contribution in [0.15, 0.2) is 28.7 Å². The average Bonchev–Trinajstić information content (AvgIpc) is 3.03. The van der Waals surface area contributed by atoms with Crippen LogP contribution >= 0.6 is 11.5 Å². The van der Waals surface area contributed by atoms with E-state index >= 15 is 0 Å². The molecule has 0 amide bonds. The summed E-state index contributed by atoms with van der Waals surface area (Å²) in [6.07, 6.45) is 0. The van der Waals surface area contributed by atoms with Gasteiger partial charge in [0.05, 0.1) is 10.6 Å². The smallest absolute Gasteiger partial charge is 0.137 e. The summed E-state index contributed by atoms with van der Waals surface area (Å²) < 4.78 is 10.1. The van der Waals surface area contributed by atoms with Crippen LogP contribution < -0.4 is 5.32 Å². The van der Waals surface area contributed by atoms with Crippen molar-refractivity contribution in [3.63, 3.8) is 0 Å². The molecular weight excluding hydrogens is 270 g/mol. The van der Waals surface area contributed by atoms with Gasteiger partial charge in [-0.05, 0) is 43.6 Å². The van der Waals surface area contributed by atoms with Gasteiger partial charge in [-0.15, -0.1) is 5.10 Å². The lowest BCUT2D eigenvalue weighted by molar-refractivity contribution is 0.478. The minimum Gasteiger partial charge on any atom is -0.459 e. The first-order valence-electron chi connectivity index (χ1n) is 6.72. The molecule has 5 heteroatoms. The molecule has 2 heterocycles. The van der Waals surface area contributed by atoms with Crippen LogP contribution in [0.1, 0.15) is 34.9 Å². The maximum absolute atomic E-state index is 6.08. The van der Waals surface area contributed by atoms with Crippen LogP contribution in [0.5, 0.6) is 0 Å². The maximum Gasteiger partial charge on any atom is 0.137 e. The molecular formula is C15H17N3OS. The van der Waals surface area contributed by atoms with E-state index in [1.807, 2.05) is 6.92 Å². The molecule has 0 aliphatic rings. The van der Waals surface area contributed by atoms with E-state index < -0.39 is 0 Å². The van der Waals surface area contributed by atoms with Crippen molar-refractivity contribution >= 4 is 22.5 Å². The van der Waals surface area contributed by atoms with Gasteiger partial charge in [-0.2, -0.15) is 0 Å². The molecule has 0 saturated heterocycles. The second kappa shape index (κ2) is 5.34. The third-order valence-corrected chi connectivity index (χ3v) is 4.29. The summed E-state index contributed by atoms with van der Waals surface area (Å²) in [7, 11) is 0. The second-order valence-corrected chi connectivity index (χ2v) is 5.64. The summed E-state index contributed by atoms with van der Waals surface area (Å²) >= 11 is 1.42. The molecule has 2 aromatic heterocycles. The monoisotopic (exact) mass is 287 g/mol.